The second-order valence-corrected chi connectivity index (χ2v) is 5.52. The molecule has 2 amide bonds. The molecule has 1 aliphatic carbocycles. The monoisotopic (exact) mass is 290 g/mol. The lowest BCUT2D eigenvalue weighted by atomic mass is 9.86. The van der Waals surface area contributed by atoms with E-state index >= 15 is 0 Å². The Hall–Kier alpha value is -2.04. The first-order valence-electron chi connectivity index (χ1n) is 7.36. The number of methoxy groups -OCH3 is 1. The minimum Gasteiger partial charge on any atom is -0.497 e. The van der Waals surface area contributed by atoms with Gasteiger partial charge in [-0.25, -0.2) is 0 Å². The molecule has 2 atom stereocenters. The number of benzene rings is 1. The summed E-state index contributed by atoms with van der Waals surface area (Å²) in [7, 11) is 1.58. The molecule has 0 heterocycles. The van der Waals surface area contributed by atoms with Gasteiger partial charge in [0, 0.05) is 11.7 Å². The van der Waals surface area contributed by atoms with Crippen LogP contribution in [0.15, 0.2) is 24.3 Å². The van der Waals surface area contributed by atoms with E-state index in [-0.39, 0.29) is 6.04 Å². The fourth-order valence-corrected chi connectivity index (χ4v) is 2.63. The van der Waals surface area contributed by atoms with E-state index in [9.17, 15) is 9.59 Å². The summed E-state index contributed by atoms with van der Waals surface area (Å²) in [5.74, 6) is -0.0625. The molecule has 2 unspecified atom stereocenters. The van der Waals surface area contributed by atoms with Gasteiger partial charge in [0.15, 0.2) is 0 Å². The minimum absolute atomic E-state index is 0.105. The molecule has 1 aromatic carbocycles. The van der Waals surface area contributed by atoms with Crippen molar-refractivity contribution in [2.45, 2.75) is 38.6 Å². The van der Waals surface area contributed by atoms with Crippen molar-refractivity contribution in [3.05, 3.63) is 24.3 Å². The molecule has 1 fully saturated rings. The Kier molecular flexibility index (Phi) is 5.20. The highest BCUT2D eigenvalue weighted by Gasteiger charge is 2.25. The Balaban J connectivity index is 1.88. The van der Waals surface area contributed by atoms with E-state index in [0.29, 0.717) is 17.4 Å². The lowest BCUT2D eigenvalue weighted by Crippen LogP contribution is -2.45. The van der Waals surface area contributed by atoms with Crippen LogP contribution in [0.25, 0.3) is 0 Å². The second-order valence-electron chi connectivity index (χ2n) is 5.52. The summed E-state index contributed by atoms with van der Waals surface area (Å²) in [6.45, 7) is 2.12. The molecule has 0 aromatic heterocycles. The number of ether oxygens (including phenoxy) is 1. The van der Waals surface area contributed by atoms with Crippen LogP contribution in [0.2, 0.25) is 0 Å². The van der Waals surface area contributed by atoms with E-state index in [2.05, 4.69) is 17.6 Å². The number of nitrogens with one attached hydrogen (secondary N) is 2. The van der Waals surface area contributed by atoms with Crippen molar-refractivity contribution in [3.63, 3.8) is 0 Å². The lowest BCUT2D eigenvalue weighted by molar-refractivity contribution is -0.137. The van der Waals surface area contributed by atoms with Crippen molar-refractivity contribution >= 4 is 17.5 Å². The predicted octanol–water partition coefficient (Wildman–Crippen LogP) is 2.33. The number of hydrogen-bond acceptors (Lipinski definition) is 3. The molecule has 0 bridgehead atoms. The minimum atomic E-state index is -0.627. The topological polar surface area (TPSA) is 67.4 Å². The first kappa shape index (κ1) is 15.4. The molecule has 0 aliphatic heterocycles. The Morgan fingerprint density at radius 1 is 1.10 bits per heavy atom. The smallest absolute Gasteiger partial charge is 0.313 e. The summed E-state index contributed by atoms with van der Waals surface area (Å²) in [6.07, 6.45) is 4.36. The van der Waals surface area contributed by atoms with Gasteiger partial charge < -0.3 is 15.4 Å². The Morgan fingerprint density at radius 3 is 2.38 bits per heavy atom. The molecule has 0 saturated heterocycles. The van der Waals surface area contributed by atoms with Gasteiger partial charge in [0.2, 0.25) is 0 Å². The third-order valence-corrected chi connectivity index (χ3v) is 3.98. The fraction of sp³-hybridized carbons (Fsp3) is 0.500. The number of carbonyl (C=O) groups is 2. The molecule has 114 valence electrons. The zero-order valence-electron chi connectivity index (χ0n) is 12.5. The van der Waals surface area contributed by atoms with E-state index in [1.165, 1.54) is 6.42 Å². The van der Waals surface area contributed by atoms with E-state index < -0.39 is 11.8 Å². The normalized spacial score (nSPS) is 21.4. The van der Waals surface area contributed by atoms with Crippen LogP contribution in [0.5, 0.6) is 5.75 Å². The lowest BCUT2D eigenvalue weighted by Gasteiger charge is -2.29. The van der Waals surface area contributed by atoms with Crippen molar-refractivity contribution in [3.8, 4) is 5.75 Å². The van der Waals surface area contributed by atoms with Gasteiger partial charge in [0.25, 0.3) is 0 Å². The molecule has 21 heavy (non-hydrogen) atoms. The van der Waals surface area contributed by atoms with Crippen LogP contribution in [-0.4, -0.2) is 25.0 Å². The highest BCUT2D eigenvalue weighted by atomic mass is 16.5. The van der Waals surface area contributed by atoms with Gasteiger partial charge in [-0.1, -0.05) is 19.8 Å². The maximum absolute atomic E-state index is 11.9. The summed E-state index contributed by atoms with van der Waals surface area (Å²) in [4.78, 5) is 23.8. The summed E-state index contributed by atoms with van der Waals surface area (Å²) in [6, 6.07) is 6.97. The molecule has 0 radical (unpaired) electrons. The number of amides is 2. The largest absolute Gasteiger partial charge is 0.497 e. The average molecular weight is 290 g/mol. The van der Waals surface area contributed by atoms with Gasteiger partial charge in [-0.15, -0.1) is 0 Å². The zero-order chi connectivity index (χ0) is 15.2. The molecule has 1 aliphatic rings. The van der Waals surface area contributed by atoms with Gasteiger partial charge in [-0.2, -0.15) is 0 Å². The van der Waals surface area contributed by atoms with E-state index in [4.69, 9.17) is 4.74 Å². The van der Waals surface area contributed by atoms with Crippen LogP contribution in [0.3, 0.4) is 0 Å². The van der Waals surface area contributed by atoms with E-state index in [0.717, 1.165) is 19.3 Å². The van der Waals surface area contributed by atoms with Gasteiger partial charge >= 0.3 is 11.8 Å². The van der Waals surface area contributed by atoms with E-state index in [1.54, 1.807) is 31.4 Å². The predicted molar refractivity (Wildman–Crippen MR) is 81.2 cm³/mol. The van der Waals surface area contributed by atoms with Crippen molar-refractivity contribution in [2.75, 3.05) is 12.4 Å². The highest BCUT2D eigenvalue weighted by Crippen LogP contribution is 2.23. The van der Waals surface area contributed by atoms with Gasteiger partial charge in [0.1, 0.15) is 5.75 Å². The SMILES string of the molecule is COc1ccc(NC(=O)C(=O)NC2CCCCC2C)cc1. The fourth-order valence-electron chi connectivity index (χ4n) is 2.63. The molecule has 5 nitrogen and oxygen atoms in total. The summed E-state index contributed by atoms with van der Waals surface area (Å²) >= 11 is 0. The summed E-state index contributed by atoms with van der Waals surface area (Å²) in [5.41, 5.74) is 0.577. The number of anilines is 1. The summed E-state index contributed by atoms with van der Waals surface area (Å²) in [5, 5.41) is 5.43. The standard InChI is InChI=1S/C16H22N2O3/c1-11-5-3-4-6-14(11)18-16(20)15(19)17-12-7-9-13(21-2)10-8-12/h7-11,14H,3-6H2,1-2H3,(H,17,19)(H,18,20). The first-order chi connectivity index (χ1) is 10.1. The van der Waals surface area contributed by atoms with Gasteiger partial charge in [0.05, 0.1) is 7.11 Å². The van der Waals surface area contributed by atoms with Crippen molar-refractivity contribution in [1.82, 2.24) is 5.32 Å². The number of rotatable bonds is 3. The van der Waals surface area contributed by atoms with Gasteiger partial charge in [-0.3, -0.25) is 9.59 Å². The maximum atomic E-state index is 11.9. The second kappa shape index (κ2) is 7.11. The van der Waals surface area contributed by atoms with Crippen LogP contribution in [-0.2, 0) is 9.59 Å². The third kappa shape index (κ3) is 4.21. The highest BCUT2D eigenvalue weighted by molar-refractivity contribution is 6.39. The zero-order valence-corrected chi connectivity index (χ0v) is 12.5. The molecule has 0 spiro atoms. The molecular weight excluding hydrogens is 268 g/mol. The van der Waals surface area contributed by atoms with Crippen molar-refractivity contribution in [2.24, 2.45) is 5.92 Å². The maximum Gasteiger partial charge on any atom is 0.313 e. The van der Waals surface area contributed by atoms with Crippen molar-refractivity contribution in [1.29, 1.82) is 0 Å². The molecule has 5 heteroatoms. The van der Waals surface area contributed by atoms with Crippen LogP contribution >= 0.6 is 0 Å². The first-order valence-corrected chi connectivity index (χ1v) is 7.36. The molecule has 1 saturated carbocycles. The third-order valence-electron chi connectivity index (χ3n) is 3.98. The van der Waals surface area contributed by atoms with Crippen LogP contribution in [0.1, 0.15) is 32.6 Å². The molecule has 1 aromatic rings. The van der Waals surface area contributed by atoms with Crippen LogP contribution in [0, 0.1) is 5.92 Å². The number of hydrogen-bond donors (Lipinski definition) is 2. The molecule has 2 rings (SSSR count). The molecule has 2 N–H and O–H groups in total. The van der Waals surface area contributed by atoms with Crippen LogP contribution in [0.4, 0.5) is 5.69 Å². The van der Waals surface area contributed by atoms with Crippen molar-refractivity contribution < 1.29 is 14.3 Å². The average Bonchev–Trinajstić information content (AvgIpc) is 2.50. The summed E-state index contributed by atoms with van der Waals surface area (Å²) < 4.78 is 5.04. The Bertz CT molecular complexity index is 499. The Labute approximate surface area is 125 Å². The van der Waals surface area contributed by atoms with Crippen LogP contribution < -0.4 is 15.4 Å². The molecular formula is C16H22N2O3. The van der Waals surface area contributed by atoms with Gasteiger partial charge in [-0.05, 0) is 43.0 Å². The Morgan fingerprint density at radius 2 is 1.76 bits per heavy atom. The quantitative estimate of drug-likeness (QED) is 0.840. The van der Waals surface area contributed by atoms with E-state index in [1.807, 2.05) is 0 Å². The number of carbonyl (C=O) groups excluding carboxylic acids is 2.